The minimum absolute atomic E-state index is 0.302. The van der Waals surface area contributed by atoms with Crippen LogP contribution >= 0.6 is 0 Å². The van der Waals surface area contributed by atoms with Gasteiger partial charge in [0, 0.05) is 37.5 Å². The van der Waals surface area contributed by atoms with Gasteiger partial charge in [0.2, 0.25) is 0 Å². The first kappa shape index (κ1) is 14.2. The number of hydrogen-bond acceptors (Lipinski definition) is 3. The molecule has 1 heterocycles. The molecule has 2 atom stereocenters. The van der Waals surface area contributed by atoms with Crippen molar-refractivity contribution in [1.82, 2.24) is 15.1 Å². The number of aromatic nitrogens is 2. The summed E-state index contributed by atoms with van der Waals surface area (Å²) in [5.74, 6) is 0.556. The molecule has 0 saturated heterocycles. The third-order valence-corrected chi connectivity index (χ3v) is 3.00. The second-order valence-electron chi connectivity index (χ2n) is 4.85. The summed E-state index contributed by atoms with van der Waals surface area (Å²) in [7, 11) is 1.94. The molecule has 1 rings (SSSR count). The van der Waals surface area contributed by atoms with E-state index < -0.39 is 0 Å². The quantitative estimate of drug-likeness (QED) is 0.792. The molecule has 0 spiro atoms. The Hall–Kier alpha value is -0.870. The standard InChI is InChI=1S/C13H25N3O/c1-6-17-9-13(10(2)3)15-11(4)12-7-14-16(5)8-12/h7-8,10-11,13,15H,6,9H2,1-5H3. The molecule has 4 heteroatoms. The van der Waals surface area contributed by atoms with Crippen LogP contribution in [0.3, 0.4) is 0 Å². The molecule has 0 aromatic carbocycles. The first-order chi connectivity index (χ1) is 8.04. The lowest BCUT2D eigenvalue weighted by atomic mass is 10.0. The van der Waals surface area contributed by atoms with Crippen molar-refractivity contribution in [1.29, 1.82) is 0 Å². The van der Waals surface area contributed by atoms with E-state index in [9.17, 15) is 0 Å². The highest BCUT2D eigenvalue weighted by atomic mass is 16.5. The summed E-state index contributed by atoms with van der Waals surface area (Å²) < 4.78 is 7.35. The van der Waals surface area contributed by atoms with E-state index >= 15 is 0 Å². The number of aryl methyl sites for hydroxylation is 1. The fourth-order valence-corrected chi connectivity index (χ4v) is 1.76. The summed E-state index contributed by atoms with van der Waals surface area (Å²) in [5, 5.41) is 7.80. The largest absolute Gasteiger partial charge is 0.380 e. The second-order valence-corrected chi connectivity index (χ2v) is 4.85. The summed E-state index contributed by atoms with van der Waals surface area (Å²) in [5.41, 5.74) is 1.22. The van der Waals surface area contributed by atoms with Gasteiger partial charge in [-0.05, 0) is 19.8 Å². The molecule has 98 valence electrons. The Morgan fingerprint density at radius 3 is 2.59 bits per heavy atom. The molecule has 2 unspecified atom stereocenters. The Morgan fingerprint density at radius 1 is 1.41 bits per heavy atom. The van der Waals surface area contributed by atoms with Crippen LogP contribution in [-0.2, 0) is 11.8 Å². The average molecular weight is 239 g/mol. The Bertz CT molecular complexity index is 322. The SMILES string of the molecule is CCOCC(NC(C)c1cnn(C)c1)C(C)C. The van der Waals surface area contributed by atoms with Gasteiger partial charge in [-0.3, -0.25) is 4.68 Å². The molecule has 17 heavy (non-hydrogen) atoms. The zero-order valence-electron chi connectivity index (χ0n) is 11.6. The number of hydrogen-bond donors (Lipinski definition) is 1. The van der Waals surface area contributed by atoms with E-state index in [1.807, 2.05) is 24.9 Å². The highest BCUT2D eigenvalue weighted by Gasteiger charge is 2.17. The minimum atomic E-state index is 0.302. The monoisotopic (exact) mass is 239 g/mol. The van der Waals surface area contributed by atoms with Crippen LogP contribution in [0, 0.1) is 5.92 Å². The Morgan fingerprint density at radius 2 is 2.12 bits per heavy atom. The van der Waals surface area contributed by atoms with Crippen LogP contribution < -0.4 is 5.32 Å². The summed E-state index contributed by atoms with van der Waals surface area (Å²) in [6.07, 6.45) is 3.96. The van der Waals surface area contributed by atoms with Gasteiger partial charge < -0.3 is 10.1 Å². The molecule has 0 bridgehead atoms. The van der Waals surface area contributed by atoms with Gasteiger partial charge in [0.1, 0.15) is 0 Å². The fourth-order valence-electron chi connectivity index (χ4n) is 1.76. The molecular weight excluding hydrogens is 214 g/mol. The predicted octanol–water partition coefficient (Wildman–Crippen LogP) is 2.13. The van der Waals surface area contributed by atoms with Crippen molar-refractivity contribution in [3.63, 3.8) is 0 Å². The van der Waals surface area contributed by atoms with Crippen molar-refractivity contribution < 1.29 is 4.74 Å². The van der Waals surface area contributed by atoms with Gasteiger partial charge in [-0.15, -0.1) is 0 Å². The lowest BCUT2D eigenvalue weighted by Crippen LogP contribution is -2.39. The smallest absolute Gasteiger partial charge is 0.0622 e. The van der Waals surface area contributed by atoms with Crippen LogP contribution in [0.5, 0.6) is 0 Å². The van der Waals surface area contributed by atoms with Crippen LogP contribution in [0.1, 0.15) is 39.3 Å². The van der Waals surface area contributed by atoms with Gasteiger partial charge in [-0.2, -0.15) is 5.10 Å². The molecule has 1 N–H and O–H groups in total. The molecule has 0 aliphatic heterocycles. The maximum atomic E-state index is 5.52. The van der Waals surface area contributed by atoms with E-state index in [-0.39, 0.29) is 0 Å². The topological polar surface area (TPSA) is 39.1 Å². The molecule has 0 aliphatic carbocycles. The molecule has 0 radical (unpaired) electrons. The maximum Gasteiger partial charge on any atom is 0.0622 e. The van der Waals surface area contributed by atoms with Gasteiger partial charge in [0.15, 0.2) is 0 Å². The first-order valence-corrected chi connectivity index (χ1v) is 6.37. The Labute approximate surface area is 104 Å². The number of nitrogens with one attached hydrogen (secondary N) is 1. The van der Waals surface area contributed by atoms with Gasteiger partial charge >= 0.3 is 0 Å². The molecule has 0 aliphatic rings. The van der Waals surface area contributed by atoms with Gasteiger partial charge in [-0.25, -0.2) is 0 Å². The molecule has 1 aromatic heterocycles. The van der Waals surface area contributed by atoms with E-state index in [4.69, 9.17) is 4.74 Å². The predicted molar refractivity (Wildman–Crippen MR) is 69.9 cm³/mol. The minimum Gasteiger partial charge on any atom is -0.380 e. The van der Waals surface area contributed by atoms with Gasteiger partial charge in [0.25, 0.3) is 0 Å². The normalized spacial score (nSPS) is 15.2. The summed E-state index contributed by atoms with van der Waals surface area (Å²) in [6, 6.07) is 0.682. The second kappa shape index (κ2) is 6.77. The van der Waals surface area contributed by atoms with Crippen molar-refractivity contribution in [2.45, 2.75) is 39.8 Å². The lowest BCUT2D eigenvalue weighted by Gasteiger charge is -2.25. The van der Waals surface area contributed by atoms with E-state index in [2.05, 4.69) is 37.4 Å². The highest BCUT2D eigenvalue weighted by Crippen LogP contribution is 2.14. The lowest BCUT2D eigenvalue weighted by molar-refractivity contribution is 0.104. The zero-order chi connectivity index (χ0) is 12.8. The molecule has 4 nitrogen and oxygen atoms in total. The summed E-state index contributed by atoms with van der Waals surface area (Å²) in [6.45, 7) is 10.2. The van der Waals surface area contributed by atoms with Gasteiger partial charge in [0.05, 0.1) is 12.8 Å². The summed E-state index contributed by atoms with van der Waals surface area (Å²) in [4.78, 5) is 0. The summed E-state index contributed by atoms with van der Waals surface area (Å²) >= 11 is 0. The van der Waals surface area contributed by atoms with E-state index in [0.717, 1.165) is 13.2 Å². The van der Waals surface area contributed by atoms with Crippen molar-refractivity contribution in [2.24, 2.45) is 13.0 Å². The zero-order valence-corrected chi connectivity index (χ0v) is 11.6. The number of rotatable bonds is 7. The van der Waals surface area contributed by atoms with Crippen LogP contribution in [0.4, 0.5) is 0 Å². The Kier molecular flexibility index (Phi) is 5.65. The average Bonchev–Trinajstić information content (AvgIpc) is 2.70. The third-order valence-electron chi connectivity index (χ3n) is 3.00. The van der Waals surface area contributed by atoms with Crippen LogP contribution in [-0.4, -0.2) is 29.0 Å². The maximum absolute atomic E-state index is 5.52. The van der Waals surface area contributed by atoms with Crippen LogP contribution in [0.2, 0.25) is 0 Å². The molecule has 1 aromatic rings. The van der Waals surface area contributed by atoms with E-state index in [0.29, 0.717) is 18.0 Å². The van der Waals surface area contributed by atoms with Gasteiger partial charge in [-0.1, -0.05) is 13.8 Å². The third kappa shape index (κ3) is 4.48. The molecule has 0 saturated carbocycles. The van der Waals surface area contributed by atoms with Crippen molar-refractivity contribution >= 4 is 0 Å². The van der Waals surface area contributed by atoms with E-state index in [1.54, 1.807) is 0 Å². The molecule has 0 fully saturated rings. The fraction of sp³-hybridized carbons (Fsp3) is 0.769. The first-order valence-electron chi connectivity index (χ1n) is 6.37. The van der Waals surface area contributed by atoms with E-state index in [1.165, 1.54) is 5.56 Å². The van der Waals surface area contributed by atoms with Crippen molar-refractivity contribution in [3.8, 4) is 0 Å². The van der Waals surface area contributed by atoms with Crippen molar-refractivity contribution in [2.75, 3.05) is 13.2 Å². The van der Waals surface area contributed by atoms with Crippen LogP contribution in [0.25, 0.3) is 0 Å². The highest BCUT2D eigenvalue weighted by molar-refractivity contribution is 5.09. The number of nitrogens with zero attached hydrogens (tertiary/aromatic N) is 2. The molecular formula is C13H25N3O. The molecule has 0 amide bonds. The van der Waals surface area contributed by atoms with Crippen LogP contribution in [0.15, 0.2) is 12.4 Å². The number of ether oxygens (including phenoxy) is 1. The van der Waals surface area contributed by atoms with Crippen molar-refractivity contribution in [3.05, 3.63) is 18.0 Å². The Balaban J connectivity index is 2.54.